The maximum atomic E-state index is 2.40. The summed E-state index contributed by atoms with van der Waals surface area (Å²) in [7, 11) is 0. The van der Waals surface area contributed by atoms with Gasteiger partial charge in [0.15, 0.2) is 0 Å². The highest BCUT2D eigenvalue weighted by Crippen LogP contribution is 2.47. The molecule has 10 aromatic carbocycles. The number of hydrogen-bond donors (Lipinski definition) is 0. The molecule has 0 bridgehead atoms. The molecule has 0 radical (unpaired) electrons. The number of para-hydroxylation sites is 7. The lowest BCUT2D eigenvalue weighted by Gasteiger charge is -2.34. The number of nitrogens with zero attached hydrogens (tertiary/aromatic N) is 5. The third kappa shape index (κ3) is 9.71. The van der Waals surface area contributed by atoms with E-state index in [9.17, 15) is 0 Å². The van der Waals surface area contributed by atoms with Crippen LogP contribution < -0.4 is 24.5 Å². The van der Waals surface area contributed by atoms with Gasteiger partial charge < -0.3 is 24.5 Å². The highest BCUT2D eigenvalue weighted by molar-refractivity contribution is 5.90. The van der Waals surface area contributed by atoms with Crippen molar-refractivity contribution >= 4 is 79.6 Å². The second kappa shape index (κ2) is 20.9. The Kier molecular flexibility index (Phi) is 13.0. The van der Waals surface area contributed by atoms with E-state index in [0.717, 1.165) is 98.2 Å². The quantitative estimate of drug-likeness (QED) is 0.102. The molecule has 0 aliphatic heterocycles. The average Bonchev–Trinajstić information content (AvgIpc) is 3.44. The molecule has 1 aliphatic rings. The maximum Gasteiger partial charge on any atom is 0.0503 e. The van der Waals surface area contributed by atoms with E-state index in [1.807, 2.05) is 0 Å². The van der Waals surface area contributed by atoms with Crippen LogP contribution in [-0.2, 0) is 0 Å². The second-order valence-electron chi connectivity index (χ2n) is 17.4. The molecule has 11 rings (SSSR count). The number of anilines is 14. The molecule has 5 nitrogen and oxygen atoms in total. The summed E-state index contributed by atoms with van der Waals surface area (Å²) < 4.78 is 0. The highest BCUT2D eigenvalue weighted by Gasteiger charge is 2.24. The van der Waals surface area contributed by atoms with Gasteiger partial charge in [0.05, 0.1) is 17.1 Å². The molecule has 0 unspecified atom stereocenters. The van der Waals surface area contributed by atoms with Crippen molar-refractivity contribution in [1.82, 2.24) is 0 Å². The Balaban J connectivity index is 1.11. The van der Waals surface area contributed by atoms with Gasteiger partial charge in [0.25, 0.3) is 0 Å². The lowest BCUT2D eigenvalue weighted by Crippen LogP contribution is -2.19. The van der Waals surface area contributed by atoms with E-state index >= 15 is 0 Å². The van der Waals surface area contributed by atoms with E-state index in [-0.39, 0.29) is 0 Å². The van der Waals surface area contributed by atoms with Crippen molar-refractivity contribution in [1.29, 1.82) is 0 Å². The molecule has 0 saturated carbocycles. The molecule has 0 N–H and O–H groups in total. The largest absolute Gasteiger partial charge is 0.311 e. The van der Waals surface area contributed by atoms with Crippen molar-refractivity contribution in [2.45, 2.75) is 12.8 Å². The Morgan fingerprint density at radius 2 is 0.423 bits per heavy atom. The minimum atomic E-state index is 0.974. The Hall–Kier alpha value is -9.32. The molecular formula is C66H53N5. The molecule has 0 aromatic heterocycles. The van der Waals surface area contributed by atoms with E-state index in [1.165, 1.54) is 0 Å². The summed E-state index contributed by atoms with van der Waals surface area (Å²) in [4.78, 5) is 11.8. The third-order valence-corrected chi connectivity index (χ3v) is 12.7. The Morgan fingerprint density at radius 3 is 0.718 bits per heavy atom. The van der Waals surface area contributed by atoms with Gasteiger partial charge in [0, 0.05) is 68.3 Å². The number of allylic oxidation sites excluding steroid dienone is 3. The van der Waals surface area contributed by atoms with Gasteiger partial charge in [-0.05, 0) is 158 Å². The van der Waals surface area contributed by atoms with E-state index in [1.54, 1.807) is 0 Å². The fourth-order valence-electron chi connectivity index (χ4n) is 9.55. The topological polar surface area (TPSA) is 16.2 Å². The first-order valence-corrected chi connectivity index (χ1v) is 24.3. The average molecular weight is 916 g/mol. The van der Waals surface area contributed by atoms with Gasteiger partial charge >= 0.3 is 0 Å². The molecule has 0 saturated heterocycles. The van der Waals surface area contributed by atoms with E-state index < -0.39 is 0 Å². The minimum absolute atomic E-state index is 0.974. The molecule has 0 fully saturated rings. The number of benzene rings is 10. The zero-order chi connectivity index (χ0) is 47.6. The molecule has 5 heteroatoms. The summed E-state index contributed by atoms with van der Waals surface area (Å²) in [6.07, 6.45) is 8.90. The van der Waals surface area contributed by atoms with Crippen LogP contribution in [-0.4, -0.2) is 0 Å². The van der Waals surface area contributed by atoms with Crippen LogP contribution >= 0.6 is 0 Å². The highest BCUT2D eigenvalue weighted by atomic mass is 15.2. The Bertz CT molecular complexity index is 3290. The summed E-state index contributed by atoms with van der Waals surface area (Å²) in [5.41, 5.74) is 15.8. The van der Waals surface area contributed by atoms with E-state index in [2.05, 4.69) is 322 Å². The Labute approximate surface area is 418 Å². The SMILES string of the molecule is C1=CC(N(c2ccccc2)c2cc(N(c3ccccc3)c3ccccc3)cc(N(c3ccccc3)c3cccc(N(c4ccccc4)c4cccc(N(c5ccccc5)c5ccccc5)c4)c3)c2)=CCC1. The van der Waals surface area contributed by atoms with E-state index in [4.69, 9.17) is 0 Å². The first-order valence-electron chi connectivity index (χ1n) is 24.3. The lowest BCUT2D eigenvalue weighted by atomic mass is 10.1. The van der Waals surface area contributed by atoms with Crippen LogP contribution in [0.25, 0.3) is 0 Å². The molecule has 71 heavy (non-hydrogen) atoms. The molecule has 0 heterocycles. The van der Waals surface area contributed by atoms with Gasteiger partial charge in [-0.3, -0.25) is 0 Å². The normalized spacial score (nSPS) is 11.9. The fourth-order valence-corrected chi connectivity index (χ4v) is 9.55. The molecule has 0 atom stereocenters. The minimum Gasteiger partial charge on any atom is -0.311 e. The van der Waals surface area contributed by atoms with Crippen molar-refractivity contribution in [2.75, 3.05) is 24.5 Å². The summed E-state index contributed by atoms with van der Waals surface area (Å²) in [5, 5.41) is 0. The zero-order valence-corrected chi connectivity index (χ0v) is 39.4. The second-order valence-corrected chi connectivity index (χ2v) is 17.4. The zero-order valence-electron chi connectivity index (χ0n) is 39.4. The lowest BCUT2D eigenvalue weighted by molar-refractivity contribution is 0.997. The fraction of sp³-hybridized carbons (Fsp3) is 0.0303. The van der Waals surface area contributed by atoms with Crippen LogP contribution in [0.2, 0.25) is 0 Å². The van der Waals surface area contributed by atoms with Gasteiger partial charge in [0.2, 0.25) is 0 Å². The van der Waals surface area contributed by atoms with Crippen LogP contribution in [0.15, 0.2) is 303 Å². The van der Waals surface area contributed by atoms with Gasteiger partial charge in [0.1, 0.15) is 0 Å². The Morgan fingerprint density at radius 1 is 0.197 bits per heavy atom. The van der Waals surface area contributed by atoms with Crippen molar-refractivity contribution in [3.63, 3.8) is 0 Å². The molecule has 1 aliphatic carbocycles. The molecule has 0 amide bonds. The van der Waals surface area contributed by atoms with Gasteiger partial charge in [-0.2, -0.15) is 0 Å². The standard InChI is InChI=1S/C66H53N5/c1-9-27-52(28-10-1)67(53-29-11-2-12-30-53)60-43-25-44-61(47-60)70(58-39-21-7-22-40-58)62-45-26-46-63(48-62)71(59-41-23-8-24-42-59)66-50-64(68(54-31-13-3-14-32-54)55-33-15-4-16-34-55)49-65(51-66)69(56-35-17-5-18-36-56)57-37-19-6-20-38-57/h1-5,7-19,21-51H,6,20H2. The van der Waals surface area contributed by atoms with Crippen molar-refractivity contribution in [3.05, 3.63) is 303 Å². The summed E-state index contributed by atoms with van der Waals surface area (Å²) in [6.45, 7) is 0. The third-order valence-electron chi connectivity index (χ3n) is 12.7. The molecule has 0 spiro atoms. The molecule has 10 aromatic rings. The van der Waals surface area contributed by atoms with Crippen molar-refractivity contribution < 1.29 is 0 Å². The van der Waals surface area contributed by atoms with Crippen molar-refractivity contribution in [3.8, 4) is 0 Å². The van der Waals surface area contributed by atoms with Crippen LogP contribution in [0.3, 0.4) is 0 Å². The predicted octanol–water partition coefficient (Wildman–Crippen LogP) is 18.9. The summed E-state index contributed by atoms with van der Waals surface area (Å²) >= 11 is 0. The monoisotopic (exact) mass is 915 g/mol. The molecule has 342 valence electrons. The smallest absolute Gasteiger partial charge is 0.0503 e. The number of hydrogen-bond acceptors (Lipinski definition) is 5. The number of rotatable bonds is 15. The van der Waals surface area contributed by atoms with Crippen LogP contribution in [0.4, 0.5) is 79.6 Å². The maximum absolute atomic E-state index is 2.40. The first kappa shape index (κ1) is 44.2. The molecular weight excluding hydrogens is 863 g/mol. The van der Waals surface area contributed by atoms with Crippen LogP contribution in [0, 0.1) is 0 Å². The van der Waals surface area contributed by atoms with Gasteiger partial charge in [-0.15, -0.1) is 0 Å². The summed E-state index contributed by atoms with van der Waals surface area (Å²) in [6, 6.07) is 99.4. The van der Waals surface area contributed by atoms with Crippen LogP contribution in [0.5, 0.6) is 0 Å². The first-order chi connectivity index (χ1) is 35.2. The van der Waals surface area contributed by atoms with Gasteiger partial charge in [-0.1, -0.05) is 152 Å². The van der Waals surface area contributed by atoms with Gasteiger partial charge in [-0.25, -0.2) is 0 Å². The summed E-state index contributed by atoms with van der Waals surface area (Å²) in [5.74, 6) is 0. The van der Waals surface area contributed by atoms with E-state index in [0.29, 0.717) is 0 Å². The predicted molar refractivity (Wildman–Crippen MR) is 300 cm³/mol. The van der Waals surface area contributed by atoms with Crippen LogP contribution in [0.1, 0.15) is 12.8 Å². The van der Waals surface area contributed by atoms with Crippen molar-refractivity contribution in [2.24, 2.45) is 0 Å².